The van der Waals surface area contributed by atoms with Gasteiger partial charge in [-0.3, -0.25) is 4.79 Å². The molecule has 1 fully saturated rings. The number of carboxylic acids is 1. The van der Waals surface area contributed by atoms with E-state index >= 15 is 0 Å². The van der Waals surface area contributed by atoms with Gasteiger partial charge in [0.05, 0.1) is 6.61 Å². The fourth-order valence-corrected chi connectivity index (χ4v) is 5.05. The summed E-state index contributed by atoms with van der Waals surface area (Å²) in [6.07, 6.45) is 1.36. The number of carboxylic acid groups (broad SMARTS) is 1. The van der Waals surface area contributed by atoms with Crippen LogP contribution in [0.2, 0.25) is 0 Å². The molecule has 3 N–H and O–H groups in total. The predicted octanol–water partition coefficient (Wildman–Crippen LogP) is 2.84. The van der Waals surface area contributed by atoms with Gasteiger partial charge in [0.2, 0.25) is 5.91 Å². The Morgan fingerprint density at radius 3 is 3.00 bits per heavy atom. The van der Waals surface area contributed by atoms with Gasteiger partial charge in [0.15, 0.2) is 10.0 Å². The molecule has 0 aliphatic carbocycles. The van der Waals surface area contributed by atoms with Crippen molar-refractivity contribution in [3.05, 3.63) is 40.4 Å². The number of hydrogen-bond acceptors (Lipinski definition) is 7. The van der Waals surface area contributed by atoms with Crippen molar-refractivity contribution in [3.8, 4) is 0 Å². The minimum absolute atomic E-state index is 0.00691. The van der Waals surface area contributed by atoms with Crippen LogP contribution in [0, 0.1) is 6.92 Å². The molecule has 150 valence electrons. The number of nitrogens with zero attached hydrogens (tertiary/aromatic N) is 2. The van der Waals surface area contributed by atoms with Crippen molar-refractivity contribution in [2.24, 2.45) is 0 Å². The largest absolute Gasteiger partial charge is 0.476 e. The third-order valence-electron chi connectivity index (χ3n) is 4.86. The average molecular weight is 422 g/mol. The lowest BCUT2D eigenvalue weighted by molar-refractivity contribution is -0.128. The second-order valence-electron chi connectivity index (χ2n) is 6.56. The smallest absolute Gasteiger partial charge is 0.355 e. The van der Waals surface area contributed by atoms with Crippen LogP contribution in [-0.2, 0) is 11.4 Å². The Bertz CT molecular complexity index is 855. The molecular weight excluding hydrogens is 398 g/mol. The average Bonchev–Trinajstić information content (AvgIpc) is 3.29. The van der Waals surface area contributed by atoms with Crippen molar-refractivity contribution in [1.82, 2.24) is 9.88 Å². The molecule has 9 heteroatoms. The molecule has 1 saturated heterocycles. The molecule has 1 amide bonds. The number of aliphatic hydroxyl groups excluding tert-OH is 1. The number of thiazole rings is 1. The van der Waals surface area contributed by atoms with Crippen molar-refractivity contribution in [1.29, 1.82) is 0 Å². The highest BCUT2D eigenvalue weighted by molar-refractivity contribution is 8.01. The summed E-state index contributed by atoms with van der Waals surface area (Å²) in [7, 11) is 0. The molecule has 0 radical (unpaired) electrons. The number of benzene rings is 1. The van der Waals surface area contributed by atoms with Gasteiger partial charge >= 0.3 is 5.97 Å². The summed E-state index contributed by atoms with van der Waals surface area (Å²) in [5.41, 5.74) is 2.95. The number of aromatic carboxylic acids is 1. The molecule has 0 spiro atoms. The van der Waals surface area contributed by atoms with Crippen molar-refractivity contribution in [2.75, 3.05) is 24.2 Å². The van der Waals surface area contributed by atoms with E-state index in [9.17, 15) is 14.7 Å². The molecule has 1 aliphatic heterocycles. The fraction of sp³-hybridized carbons (Fsp3) is 0.421. The van der Waals surface area contributed by atoms with Crippen LogP contribution in [0.15, 0.2) is 27.9 Å². The Hall–Kier alpha value is -2.10. The molecule has 2 aromatic rings. The van der Waals surface area contributed by atoms with Gasteiger partial charge in [0.1, 0.15) is 0 Å². The molecule has 3 rings (SSSR count). The third kappa shape index (κ3) is 4.84. The number of likely N-dealkylation sites (tertiary alicyclic amines) is 1. The molecule has 28 heavy (non-hydrogen) atoms. The predicted molar refractivity (Wildman–Crippen MR) is 110 cm³/mol. The molecule has 1 aliphatic rings. The quantitative estimate of drug-likeness (QED) is 0.535. The van der Waals surface area contributed by atoms with Gasteiger partial charge in [0, 0.05) is 42.4 Å². The van der Waals surface area contributed by atoms with E-state index in [0.717, 1.165) is 23.2 Å². The molecule has 0 bridgehead atoms. The highest BCUT2D eigenvalue weighted by atomic mass is 32.2. The molecule has 1 aromatic heterocycles. The number of aliphatic hydroxyl groups is 1. The molecular formula is C19H23N3O4S2. The first-order valence-corrected chi connectivity index (χ1v) is 10.9. The Balaban J connectivity index is 1.53. The van der Waals surface area contributed by atoms with Gasteiger partial charge in [-0.2, -0.15) is 0 Å². The Morgan fingerprint density at radius 2 is 2.29 bits per heavy atom. The van der Waals surface area contributed by atoms with Crippen molar-refractivity contribution < 1.29 is 19.8 Å². The summed E-state index contributed by atoms with van der Waals surface area (Å²) < 4.78 is 0.704. The normalized spacial score (nSPS) is 16.6. The van der Waals surface area contributed by atoms with E-state index < -0.39 is 5.97 Å². The summed E-state index contributed by atoms with van der Waals surface area (Å²) >= 11 is 2.78. The van der Waals surface area contributed by atoms with Crippen LogP contribution in [0.1, 0.15) is 34.5 Å². The number of aromatic nitrogens is 1. The lowest BCUT2D eigenvalue weighted by Gasteiger charge is -2.25. The van der Waals surface area contributed by atoms with Crippen molar-refractivity contribution >= 4 is 40.7 Å². The first kappa shape index (κ1) is 20.6. The van der Waals surface area contributed by atoms with E-state index in [4.69, 9.17) is 5.11 Å². The number of nitrogens with one attached hydrogen (secondary N) is 1. The van der Waals surface area contributed by atoms with Gasteiger partial charge in [-0.15, -0.1) is 11.3 Å². The number of anilines is 1. The summed E-state index contributed by atoms with van der Waals surface area (Å²) in [4.78, 5) is 29.1. The molecule has 0 saturated carbocycles. The van der Waals surface area contributed by atoms with E-state index in [1.165, 1.54) is 28.5 Å². The van der Waals surface area contributed by atoms with Crippen LogP contribution in [0.3, 0.4) is 0 Å². The number of carbonyl (C=O) groups is 2. The van der Waals surface area contributed by atoms with E-state index in [2.05, 4.69) is 10.3 Å². The monoisotopic (exact) mass is 421 g/mol. The zero-order valence-corrected chi connectivity index (χ0v) is 17.2. The molecule has 1 aromatic carbocycles. The summed E-state index contributed by atoms with van der Waals surface area (Å²) in [5, 5.41) is 23.3. The minimum Gasteiger partial charge on any atom is -0.476 e. The zero-order valence-electron chi connectivity index (χ0n) is 15.6. The number of carbonyl (C=O) groups excluding carboxylic acids is 1. The molecule has 1 unspecified atom stereocenters. The first-order chi connectivity index (χ1) is 13.5. The SMILES string of the molecule is Cc1c(CO)cccc1NCC1CCC(=O)N1CCSc1nc(C(=O)O)cs1. The van der Waals surface area contributed by atoms with E-state index in [1.54, 1.807) is 0 Å². The lowest BCUT2D eigenvalue weighted by atomic mass is 10.1. The van der Waals surface area contributed by atoms with E-state index in [-0.39, 0.29) is 24.2 Å². The molecule has 1 atom stereocenters. The maximum atomic E-state index is 12.3. The number of amides is 1. The van der Waals surface area contributed by atoms with Crippen LogP contribution in [0.5, 0.6) is 0 Å². The topological polar surface area (TPSA) is 103 Å². The maximum absolute atomic E-state index is 12.3. The summed E-state index contributed by atoms with van der Waals surface area (Å²) in [6.45, 7) is 3.24. The fourth-order valence-electron chi connectivity index (χ4n) is 3.24. The summed E-state index contributed by atoms with van der Waals surface area (Å²) in [5.74, 6) is -0.198. The van der Waals surface area contributed by atoms with E-state index in [1.807, 2.05) is 30.0 Å². The number of rotatable bonds is 9. The molecule has 7 nitrogen and oxygen atoms in total. The zero-order chi connectivity index (χ0) is 20.1. The van der Waals surface area contributed by atoms with Gasteiger partial charge in [-0.25, -0.2) is 9.78 Å². The standard InChI is InChI=1S/C19H23N3O4S2/c1-12-13(10-23)3-2-4-15(12)20-9-14-5-6-17(24)22(14)7-8-27-19-21-16(11-28-19)18(25)26/h2-4,11,14,20,23H,5-10H2,1H3,(H,25,26). The second-order valence-corrected chi connectivity index (χ2v) is 8.76. The first-order valence-electron chi connectivity index (χ1n) is 9.04. The maximum Gasteiger partial charge on any atom is 0.355 e. The van der Waals surface area contributed by atoms with Gasteiger partial charge < -0.3 is 20.4 Å². The van der Waals surface area contributed by atoms with Crippen molar-refractivity contribution in [2.45, 2.75) is 36.8 Å². The van der Waals surface area contributed by atoms with Crippen LogP contribution >= 0.6 is 23.1 Å². The van der Waals surface area contributed by atoms with Crippen molar-refractivity contribution in [3.63, 3.8) is 0 Å². The van der Waals surface area contributed by atoms with Gasteiger partial charge in [-0.1, -0.05) is 23.9 Å². The highest BCUT2D eigenvalue weighted by Gasteiger charge is 2.30. The highest BCUT2D eigenvalue weighted by Crippen LogP contribution is 2.26. The Morgan fingerprint density at radius 1 is 1.46 bits per heavy atom. The Kier molecular flexibility index (Phi) is 6.93. The van der Waals surface area contributed by atoms with Gasteiger partial charge in [-0.05, 0) is 30.5 Å². The van der Waals surface area contributed by atoms with Crippen LogP contribution in [0.4, 0.5) is 5.69 Å². The molecule has 2 heterocycles. The third-order valence-corrected chi connectivity index (χ3v) is 6.86. The van der Waals surface area contributed by atoms with Crippen LogP contribution in [0.25, 0.3) is 0 Å². The summed E-state index contributed by atoms with van der Waals surface area (Å²) in [6, 6.07) is 5.91. The van der Waals surface area contributed by atoms with Crippen LogP contribution < -0.4 is 5.32 Å². The minimum atomic E-state index is -1.02. The number of hydrogen-bond donors (Lipinski definition) is 3. The van der Waals surface area contributed by atoms with Crippen LogP contribution in [-0.4, -0.2) is 56.9 Å². The van der Waals surface area contributed by atoms with Gasteiger partial charge in [0.25, 0.3) is 0 Å². The van der Waals surface area contributed by atoms with E-state index in [0.29, 0.717) is 29.6 Å². The number of thioether (sulfide) groups is 1. The second kappa shape index (κ2) is 9.40. The Labute approximate surface area is 171 Å². The lowest BCUT2D eigenvalue weighted by Crippen LogP contribution is -2.39.